The van der Waals surface area contributed by atoms with Crippen LogP contribution in [0.25, 0.3) is 11.1 Å². The molecule has 0 spiro atoms. The first-order valence-electron chi connectivity index (χ1n) is 4.65. The second kappa shape index (κ2) is 4.09. The van der Waals surface area contributed by atoms with Crippen molar-refractivity contribution in [2.45, 2.75) is 6.92 Å². The van der Waals surface area contributed by atoms with Gasteiger partial charge >= 0.3 is 0 Å². The fourth-order valence-electron chi connectivity index (χ4n) is 1.41. The molecule has 2 aromatic heterocycles. The Morgan fingerprint density at radius 1 is 1.27 bits per heavy atom. The molecule has 2 heterocycles. The van der Waals surface area contributed by atoms with Gasteiger partial charge in [-0.3, -0.25) is 4.98 Å². The lowest BCUT2D eigenvalue weighted by molar-refractivity contribution is 0.399. The first-order valence-corrected chi connectivity index (χ1v) is 4.65. The minimum absolute atomic E-state index is 0.586. The van der Waals surface area contributed by atoms with Crippen LogP contribution in [-0.4, -0.2) is 17.1 Å². The summed E-state index contributed by atoms with van der Waals surface area (Å²) in [6.07, 6.45) is 3.43. The Morgan fingerprint density at radius 3 is 2.87 bits per heavy atom. The summed E-state index contributed by atoms with van der Waals surface area (Å²) in [5.41, 5.74) is 2.85. The topological polar surface area (TPSA) is 35.0 Å². The maximum absolute atomic E-state index is 5.18. The standard InChI is InChI=1S/C12H11N2O/c1-9-8-10(5-7-13-9)11-4-3-6-14-12(11)15-2/h3,5-8H,1-2H3. The Bertz CT molecular complexity index is 469. The van der Waals surface area contributed by atoms with Gasteiger partial charge in [-0.1, -0.05) is 0 Å². The van der Waals surface area contributed by atoms with Crippen molar-refractivity contribution in [3.05, 3.63) is 42.4 Å². The highest BCUT2D eigenvalue weighted by Crippen LogP contribution is 2.26. The van der Waals surface area contributed by atoms with E-state index >= 15 is 0 Å². The van der Waals surface area contributed by atoms with Crippen LogP contribution in [-0.2, 0) is 0 Å². The highest BCUT2D eigenvalue weighted by molar-refractivity contribution is 5.67. The molecule has 0 atom stereocenters. The Morgan fingerprint density at radius 2 is 2.13 bits per heavy atom. The van der Waals surface area contributed by atoms with Crippen molar-refractivity contribution in [3.8, 4) is 17.0 Å². The van der Waals surface area contributed by atoms with Crippen LogP contribution in [0, 0.1) is 13.0 Å². The molecule has 0 N–H and O–H groups in total. The normalized spacial score (nSPS) is 10.0. The smallest absolute Gasteiger partial charge is 0.221 e. The SMILES string of the molecule is COc1ncc[c]c1-c1ccnc(C)c1. The molecule has 0 saturated carbocycles. The van der Waals surface area contributed by atoms with Crippen LogP contribution in [0.5, 0.6) is 5.88 Å². The fraction of sp³-hybridized carbons (Fsp3) is 0.167. The highest BCUT2D eigenvalue weighted by atomic mass is 16.5. The Labute approximate surface area is 88.8 Å². The van der Waals surface area contributed by atoms with Crippen molar-refractivity contribution in [1.82, 2.24) is 9.97 Å². The van der Waals surface area contributed by atoms with Crippen LogP contribution < -0.4 is 4.74 Å². The maximum Gasteiger partial charge on any atom is 0.221 e. The number of methoxy groups -OCH3 is 1. The van der Waals surface area contributed by atoms with Gasteiger partial charge in [0.25, 0.3) is 0 Å². The summed E-state index contributed by atoms with van der Waals surface area (Å²) in [6.45, 7) is 1.95. The summed E-state index contributed by atoms with van der Waals surface area (Å²) in [7, 11) is 1.60. The molecule has 75 valence electrons. The summed E-state index contributed by atoms with van der Waals surface area (Å²) in [4.78, 5) is 8.28. The lowest BCUT2D eigenvalue weighted by Crippen LogP contribution is -1.91. The molecule has 1 radical (unpaired) electrons. The van der Waals surface area contributed by atoms with Gasteiger partial charge in [-0.05, 0) is 36.8 Å². The number of hydrogen-bond donors (Lipinski definition) is 0. The third-order valence-electron chi connectivity index (χ3n) is 2.09. The summed E-state index contributed by atoms with van der Waals surface area (Å²) >= 11 is 0. The van der Waals surface area contributed by atoms with Gasteiger partial charge in [-0.25, -0.2) is 4.98 Å². The van der Waals surface area contributed by atoms with Crippen molar-refractivity contribution >= 4 is 0 Å². The quantitative estimate of drug-likeness (QED) is 0.744. The molecule has 0 fully saturated rings. The first-order chi connectivity index (χ1) is 7.31. The molecule has 15 heavy (non-hydrogen) atoms. The molecular weight excluding hydrogens is 188 g/mol. The van der Waals surface area contributed by atoms with E-state index in [0.29, 0.717) is 5.88 Å². The lowest BCUT2D eigenvalue weighted by Gasteiger charge is -2.06. The summed E-state index contributed by atoms with van der Waals surface area (Å²) in [5.74, 6) is 0.586. The molecule has 2 rings (SSSR count). The molecule has 0 unspecified atom stereocenters. The van der Waals surface area contributed by atoms with Gasteiger partial charge in [0.2, 0.25) is 5.88 Å². The number of pyridine rings is 2. The number of rotatable bonds is 2. The molecule has 0 aliphatic rings. The van der Waals surface area contributed by atoms with Crippen LogP contribution >= 0.6 is 0 Å². The zero-order valence-corrected chi connectivity index (χ0v) is 8.69. The predicted molar refractivity (Wildman–Crippen MR) is 57.6 cm³/mol. The van der Waals surface area contributed by atoms with Crippen molar-refractivity contribution in [1.29, 1.82) is 0 Å². The molecular formula is C12H11N2O. The minimum atomic E-state index is 0.586. The number of ether oxygens (including phenoxy) is 1. The third-order valence-corrected chi connectivity index (χ3v) is 2.09. The number of hydrogen-bond acceptors (Lipinski definition) is 3. The Kier molecular flexibility index (Phi) is 2.63. The van der Waals surface area contributed by atoms with E-state index in [9.17, 15) is 0 Å². The minimum Gasteiger partial charge on any atom is -0.481 e. The second-order valence-corrected chi connectivity index (χ2v) is 3.16. The van der Waals surface area contributed by atoms with Gasteiger partial charge in [0.15, 0.2) is 0 Å². The average Bonchev–Trinajstić information content (AvgIpc) is 2.29. The van der Waals surface area contributed by atoms with E-state index in [-0.39, 0.29) is 0 Å². The number of aryl methyl sites for hydroxylation is 1. The summed E-state index contributed by atoms with van der Waals surface area (Å²) < 4.78 is 5.18. The van der Waals surface area contributed by atoms with Gasteiger partial charge in [0.1, 0.15) is 0 Å². The molecule has 0 bridgehead atoms. The first kappa shape index (κ1) is 9.65. The van der Waals surface area contributed by atoms with E-state index in [1.807, 2.05) is 19.1 Å². The van der Waals surface area contributed by atoms with Crippen LogP contribution in [0.15, 0.2) is 30.6 Å². The van der Waals surface area contributed by atoms with Crippen LogP contribution in [0.3, 0.4) is 0 Å². The fourth-order valence-corrected chi connectivity index (χ4v) is 1.41. The zero-order chi connectivity index (χ0) is 10.7. The zero-order valence-electron chi connectivity index (χ0n) is 8.69. The number of nitrogens with zero attached hydrogens (tertiary/aromatic N) is 2. The highest BCUT2D eigenvalue weighted by Gasteiger charge is 2.06. The van der Waals surface area contributed by atoms with Gasteiger partial charge in [0, 0.05) is 18.1 Å². The third kappa shape index (κ3) is 1.96. The average molecular weight is 199 g/mol. The molecule has 0 aromatic carbocycles. The van der Waals surface area contributed by atoms with E-state index < -0.39 is 0 Å². The molecule has 3 heteroatoms. The van der Waals surface area contributed by atoms with E-state index in [2.05, 4.69) is 16.0 Å². The maximum atomic E-state index is 5.18. The van der Waals surface area contributed by atoms with Crippen molar-refractivity contribution in [2.75, 3.05) is 7.11 Å². The second-order valence-electron chi connectivity index (χ2n) is 3.16. The lowest BCUT2D eigenvalue weighted by atomic mass is 10.1. The van der Waals surface area contributed by atoms with E-state index in [0.717, 1.165) is 16.8 Å². The monoisotopic (exact) mass is 199 g/mol. The molecule has 3 nitrogen and oxygen atoms in total. The predicted octanol–water partition coefficient (Wildman–Crippen LogP) is 2.26. The van der Waals surface area contributed by atoms with E-state index in [1.165, 1.54) is 0 Å². The van der Waals surface area contributed by atoms with Crippen LogP contribution in [0.2, 0.25) is 0 Å². The Balaban J connectivity index is 2.53. The van der Waals surface area contributed by atoms with Gasteiger partial charge in [-0.15, -0.1) is 0 Å². The largest absolute Gasteiger partial charge is 0.481 e. The van der Waals surface area contributed by atoms with Crippen LogP contribution in [0.1, 0.15) is 5.69 Å². The molecule has 2 aromatic rings. The van der Waals surface area contributed by atoms with Gasteiger partial charge in [0.05, 0.1) is 12.7 Å². The molecule has 0 aliphatic carbocycles. The van der Waals surface area contributed by atoms with E-state index in [4.69, 9.17) is 4.74 Å². The van der Waals surface area contributed by atoms with Crippen molar-refractivity contribution < 1.29 is 4.74 Å². The van der Waals surface area contributed by atoms with Crippen molar-refractivity contribution in [3.63, 3.8) is 0 Å². The molecule has 0 aliphatic heterocycles. The van der Waals surface area contributed by atoms with Crippen molar-refractivity contribution in [2.24, 2.45) is 0 Å². The summed E-state index contributed by atoms with van der Waals surface area (Å²) in [5, 5.41) is 0. The van der Waals surface area contributed by atoms with Crippen LogP contribution in [0.4, 0.5) is 0 Å². The molecule has 0 saturated heterocycles. The van der Waals surface area contributed by atoms with E-state index in [1.54, 1.807) is 25.6 Å². The number of aromatic nitrogens is 2. The van der Waals surface area contributed by atoms with Gasteiger partial charge in [-0.2, -0.15) is 0 Å². The summed E-state index contributed by atoms with van der Waals surface area (Å²) in [6, 6.07) is 8.79. The van der Waals surface area contributed by atoms with Gasteiger partial charge < -0.3 is 4.74 Å². The Hall–Kier alpha value is -1.90. The molecule has 0 amide bonds.